The molecule has 1 aliphatic rings. The van der Waals surface area contributed by atoms with E-state index in [1.807, 2.05) is 31.3 Å². The van der Waals surface area contributed by atoms with Crippen LogP contribution in [0.5, 0.6) is 0 Å². The number of hydrogen-bond donors (Lipinski definition) is 0. The van der Waals surface area contributed by atoms with Crippen LogP contribution in [0.4, 0.5) is 4.39 Å². The summed E-state index contributed by atoms with van der Waals surface area (Å²) in [6.07, 6.45) is 6.36. The van der Waals surface area contributed by atoms with E-state index in [2.05, 4.69) is 25.6 Å². The molecule has 25 heavy (non-hydrogen) atoms. The van der Waals surface area contributed by atoms with Gasteiger partial charge < -0.3 is 4.57 Å². The molecule has 3 aromatic rings. The van der Waals surface area contributed by atoms with Crippen molar-refractivity contribution in [3.8, 4) is 0 Å². The van der Waals surface area contributed by atoms with Gasteiger partial charge in [-0.25, -0.2) is 14.4 Å². The zero-order chi connectivity index (χ0) is 17.2. The van der Waals surface area contributed by atoms with Crippen LogP contribution in [0.3, 0.4) is 0 Å². The summed E-state index contributed by atoms with van der Waals surface area (Å²) in [4.78, 5) is 11.3. The summed E-state index contributed by atoms with van der Waals surface area (Å²) in [5.74, 6) is 1.45. The average molecular weight is 338 g/mol. The Kier molecular flexibility index (Phi) is 4.49. The zero-order valence-electron chi connectivity index (χ0n) is 14.5. The molecule has 2 aromatic heterocycles. The molecule has 130 valence electrons. The molecule has 3 heterocycles. The Morgan fingerprint density at radius 3 is 3.00 bits per heavy atom. The molecule has 1 aliphatic heterocycles. The molecule has 5 heteroatoms. The number of piperidine rings is 1. The largest absolute Gasteiger partial charge is 0.335 e. The molecule has 1 aromatic carbocycles. The van der Waals surface area contributed by atoms with Gasteiger partial charge in [-0.15, -0.1) is 0 Å². The van der Waals surface area contributed by atoms with E-state index in [0.717, 1.165) is 43.1 Å². The Morgan fingerprint density at radius 1 is 1.24 bits per heavy atom. The number of nitrogens with zero attached hydrogens (tertiary/aromatic N) is 4. The second-order valence-corrected chi connectivity index (χ2v) is 6.98. The Morgan fingerprint density at radius 2 is 2.16 bits per heavy atom. The Balaban J connectivity index is 1.45. The normalized spacial score (nSPS) is 18.7. The van der Waals surface area contributed by atoms with Gasteiger partial charge in [-0.3, -0.25) is 4.90 Å². The fraction of sp³-hybridized carbons (Fsp3) is 0.400. The van der Waals surface area contributed by atoms with Crippen molar-refractivity contribution < 1.29 is 4.39 Å². The summed E-state index contributed by atoms with van der Waals surface area (Å²) < 4.78 is 16.2. The lowest BCUT2D eigenvalue weighted by molar-refractivity contribution is 0.154. The smallest absolute Gasteiger partial charge is 0.149 e. The van der Waals surface area contributed by atoms with Gasteiger partial charge in [0, 0.05) is 37.4 Å². The zero-order valence-corrected chi connectivity index (χ0v) is 14.5. The topological polar surface area (TPSA) is 34.0 Å². The fourth-order valence-electron chi connectivity index (χ4n) is 3.79. The van der Waals surface area contributed by atoms with Crippen LogP contribution in [0.25, 0.3) is 10.9 Å². The Labute approximate surface area is 147 Å². The predicted molar refractivity (Wildman–Crippen MR) is 96.7 cm³/mol. The third-order valence-electron chi connectivity index (χ3n) is 5.10. The first-order chi connectivity index (χ1) is 12.2. The van der Waals surface area contributed by atoms with Gasteiger partial charge in [0.05, 0.1) is 5.69 Å². The van der Waals surface area contributed by atoms with Gasteiger partial charge >= 0.3 is 0 Å². The van der Waals surface area contributed by atoms with Crippen LogP contribution >= 0.6 is 0 Å². The van der Waals surface area contributed by atoms with Crippen LogP contribution in [0.1, 0.15) is 24.4 Å². The standard InChI is InChI=1S/C20H23FN4/c1-15-22-9-11-25(15)13-16-4-3-10-24(12-16)14-18-8-7-17-5-2-6-19(21)20(17)23-18/h2,5-9,11,16H,3-4,10,12-14H2,1H3. The van der Waals surface area contributed by atoms with Gasteiger partial charge in [0.2, 0.25) is 0 Å². The van der Waals surface area contributed by atoms with Crippen molar-refractivity contribution >= 4 is 10.9 Å². The van der Waals surface area contributed by atoms with E-state index in [0.29, 0.717) is 11.4 Å². The lowest BCUT2D eigenvalue weighted by Gasteiger charge is -2.32. The highest BCUT2D eigenvalue weighted by atomic mass is 19.1. The van der Waals surface area contributed by atoms with Crippen LogP contribution in [-0.2, 0) is 13.1 Å². The number of imidazole rings is 1. The highest BCUT2D eigenvalue weighted by molar-refractivity contribution is 5.79. The molecular formula is C20H23FN4. The Hall–Kier alpha value is -2.27. The SMILES string of the molecule is Cc1nccn1CC1CCCN(Cc2ccc3cccc(F)c3n2)C1. The van der Waals surface area contributed by atoms with Gasteiger partial charge in [-0.05, 0) is 44.4 Å². The highest BCUT2D eigenvalue weighted by Crippen LogP contribution is 2.22. The summed E-state index contributed by atoms with van der Waals surface area (Å²) in [5.41, 5.74) is 1.42. The first-order valence-corrected chi connectivity index (χ1v) is 8.93. The summed E-state index contributed by atoms with van der Waals surface area (Å²) >= 11 is 0. The molecule has 0 amide bonds. The molecule has 1 fully saturated rings. The number of pyridine rings is 1. The van der Waals surface area contributed by atoms with E-state index in [1.54, 1.807) is 6.07 Å². The summed E-state index contributed by atoms with van der Waals surface area (Å²) in [7, 11) is 0. The molecule has 4 rings (SSSR count). The number of aryl methyl sites for hydroxylation is 1. The third-order valence-corrected chi connectivity index (χ3v) is 5.10. The summed E-state index contributed by atoms with van der Waals surface area (Å²) in [5, 5.41) is 0.857. The molecule has 0 aliphatic carbocycles. The first kappa shape index (κ1) is 16.2. The molecule has 1 saturated heterocycles. The Bertz CT molecular complexity index is 873. The lowest BCUT2D eigenvalue weighted by atomic mass is 9.97. The second-order valence-electron chi connectivity index (χ2n) is 6.98. The fourth-order valence-corrected chi connectivity index (χ4v) is 3.79. The van der Waals surface area contributed by atoms with Gasteiger partial charge in [-0.2, -0.15) is 0 Å². The number of para-hydroxylation sites is 1. The van der Waals surface area contributed by atoms with Crippen molar-refractivity contribution in [2.24, 2.45) is 5.92 Å². The molecule has 0 radical (unpaired) electrons. The van der Waals surface area contributed by atoms with Crippen LogP contribution in [0.2, 0.25) is 0 Å². The van der Waals surface area contributed by atoms with Gasteiger partial charge in [0.1, 0.15) is 17.2 Å². The third kappa shape index (κ3) is 3.56. The molecule has 0 bridgehead atoms. The predicted octanol–water partition coefficient (Wildman–Crippen LogP) is 3.79. The monoisotopic (exact) mass is 338 g/mol. The van der Waals surface area contributed by atoms with Crippen LogP contribution in [-0.4, -0.2) is 32.5 Å². The number of fused-ring (bicyclic) bond motifs is 1. The first-order valence-electron chi connectivity index (χ1n) is 8.93. The maximum absolute atomic E-state index is 14.0. The van der Waals surface area contributed by atoms with E-state index < -0.39 is 0 Å². The minimum Gasteiger partial charge on any atom is -0.335 e. The molecule has 4 nitrogen and oxygen atoms in total. The quantitative estimate of drug-likeness (QED) is 0.726. The molecule has 0 N–H and O–H groups in total. The number of rotatable bonds is 4. The number of aromatic nitrogens is 3. The van der Waals surface area contributed by atoms with Crippen molar-refractivity contribution in [2.75, 3.05) is 13.1 Å². The van der Waals surface area contributed by atoms with Gasteiger partial charge in [-0.1, -0.05) is 18.2 Å². The molecule has 1 atom stereocenters. The second kappa shape index (κ2) is 6.92. The minimum absolute atomic E-state index is 0.244. The van der Waals surface area contributed by atoms with Crippen molar-refractivity contribution in [2.45, 2.75) is 32.9 Å². The minimum atomic E-state index is -0.244. The molecule has 0 spiro atoms. The number of benzene rings is 1. The maximum atomic E-state index is 14.0. The van der Waals surface area contributed by atoms with Crippen LogP contribution < -0.4 is 0 Å². The van der Waals surface area contributed by atoms with Gasteiger partial charge in [0.25, 0.3) is 0 Å². The van der Waals surface area contributed by atoms with Crippen LogP contribution in [0.15, 0.2) is 42.7 Å². The lowest BCUT2D eigenvalue weighted by Crippen LogP contribution is -2.36. The van der Waals surface area contributed by atoms with E-state index in [1.165, 1.54) is 18.9 Å². The van der Waals surface area contributed by atoms with E-state index in [4.69, 9.17) is 0 Å². The molecular weight excluding hydrogens is 315 g/mol. The van der Waals surface area contributed by atoms with E-state index in [-0.39, 0.29) is 5.82 Å². The van der Waals surface area contributed by atoms with Crippen molar-refractivity contribution in [1.82, 2.24) is 19.4 Å². The van der Waals surface area contributed by atoms with Crippen LogP contribution in [0, 0.1) is 18.7 Å². The number of halogens is 1. The number of likely N-dealkylation sites (tertiary alicyclic amines) is 1. The van der Waals surface area contributed by atoms with Crippen molar-refractivity contribution in [3.63, 3.8) is 0 Å². The maximum Gasteiger partial charge on any atom is 0.149 e. The summed E-state index contributed by atoms with van der Waals surface area (Å²) in [6.45, 7) is 5.98. The van der Waals surface area contributed by atoms with Gasteiger partial charge in [0.15, 0.2) is 0 Å². The van der Waals surface area contributed by atoms with Crippen molar-refractivity contribution in [3.05, 3.63) is 60.1 Å². The molecule has 1 unspecified atom stereocenters. The van der Waals surface area contributed by atoms with E-state index in [9.17, 15) is 4.39 Å². The van der Waals surface area contributed by atoms with E-state index >= 15 is 0 Å². The number of hydrogen-bond acceptors (Lipinski definition) is 3. The molecule has 0 saturated carbocycles. The summed E-state index contributed by atoms with van der Waals surface area (Å²) in [6, 6.07) is 9.10. The highest BCUT2D eigenvalue weighted by Gasteiger charge is 2.21. The average Bonchev–Trinajstić information content (AvgIpc) is 3.01. The van der Waals surface area contributed by atoms with Crippen molar-refractivity contribution in [1.29, 1.82) is 0 Å².